The number of hydrogen-bond acceptors (Lipinski definition) is 8. The van der Waals surface area contributed by atoms with E-state index in [0.29, 0.717) is 15.5 Å². The third kappa shape index (κ3) is 3.41. The number of carbonyl (C=O) groups excluding carboxylic acids is 1. The van der Waals surface area contributed by atoms with Gasteiger partial charge in [0.2, 0.25) is 0 Å². The van der Waals surface area contributed by atoms with Crippen molar-refractivity contribution in [2.75, 3.05) is 11.3 Å². The number of halogens is 1. The zero-order valence-corrected chi connectivity index (χ0v) is 17.1. The molecule has 3 rings (SSSR count). The lowest BCUT2D eigenvalue weighted by atomic mass is 10.3. The standard InChI is InChI=1S/C14H12BrN3O4S3/c1-3-22-14(19)10-11(15)7(2)23-13(10)18-25(20,21)9-6-4-5-8-12(9)17-24-16-8/h4-6,18H,3H2,1-2H3. The summed E-state index contributed by atoms with van der Waals surface area (Å²) in [6.07, 6.45) is 0. The van der Waals surface area contributed by atoms with E-state index >= 15 is 0 Å². The van der Waals surface area contributed by atoms with E-state index in [2.05, 4.69) is 29.4 Å². The molecule has 2 aromatic heterocycles. The summed E-state index contributed by atoms with van der Waals surface area (Å²) in [6, 6.07) is 4.74. The molecule has 0 atom stereocenters. The van der Waals surface area contributed by atoms with Crippen molar-refractivity contribution < 1.29 is 17.9 Å². The molecule has 0 saturated heterocycles. The van der Waals surface area contributed by atoms with Crippen LogP contribution in [-0.2, 0) is 14.8 Å². The fourth-order valence-electron chi connectivity index (χ4n) is 2.16. The second-order valence-corrected chi connectivity index (χ2v) is 9.09. The molecule has 1 N–H and O–H groups in total. The van der Waals surface area contributed by atoms with Crippen LogP contribution in [0.25, 0.3) is 11.0 Å². The third-order valence-corrected chi connectivity index (χ3v) is 7.58. The van der Waals surface area contributed by atoms with E-state index in [1.807, 2.05) is 0 Å². The van der Waals surface area contributed by atoms with Crippen molar-refractivity contribution in [2.24, 2.45) is 0 Å². The van der Waals surface area contributed by atoms with E-state index in [9.17, 15) is 13.2 Å². The normalized spacial score (nSPS) is 11.6. The lowest BCUT2D eigenvalue weighted by molar-refractivity contribution is 0.0527. The Kier molecular flexibility index (Phi) is 5.09. The van der Waals surface area contributed by atoms with Crippen molar-refractivity contribution in [1.29, 1.82) is 0 Å². The molecule has 0 aliphatic carbocycles. The molecule has 7 nitrogen and oxygen atoms in total. The van der Waals surface area contributed by atoms with E-state index < -0.39 is 16.0 Å². The summed E-state index contributed by atoms with van der Waals surface area (Å²) in [4.78, 5) is 13.0. The highest BCUT2D eigenvalue weighted by Gasteiger charge is 2.27. The number of fused-ring (bicyclic) bond motifs is 1. The van der Waals surface area contributed by atoms with Gasteiger partial charge >= 0.3 is 5.97 Å². The number of anilines is 1. The van der Waals surface area contributed by atoms with E-state index in [4.69, 9.17) is 4.74 Å². The molecular weight excluding hydrogens is 450 g/mol. The number of hydrogen-bond donors (Lipinski definition) is 1. The Morgan fingerprint density at radius 2 is 2.12 bits per heavy atom. The third-order valence-electron chi connectivity index (χ3n) is 3.26. The van der Waals surface area contributed by atoms with Crippen LogP contribution in [0.1, 0.15) is 22.2 Å². The molecule has 0 amide bonds. The Balaban J connectivity index is 2.06. The maximum Gasteiger partial charge on any atom is 0.342 e. The van der Waals surface area contributed by atoms with Gasteiger partial charge in [-0.3, -0.25) is 4.72 Å². The van der Waals surface area contributed by atoms with E-state index in [-0.39, 0.29) is 22.1 Å². The predicted octanol–water partition coefficient (Wildman–Crippen LogP) is 3.80. The highest BCUT2D eigenvalue weighted by molar-refractivity contribution is 9.10. The van der Waals surface area contributed by atoms with Gasteiger partial charge in [-0.25, -0.2) is 13.2 Å². The van der Waals surface area contributed by atoms with Crippen molar-refractivity contribution >= 4 is 71.0 Å². The minimum atomic E-state index is -3.95. The molecule has 0 unspecified atom stereocenters. The second kappa shape index (κ2) is 6.98. The van der Waals surface area contributed by atoms with Crippen LogP contribution < -0.4 is 4.72 Å². The van der Waals surface area contributed by atoms with Crippen LogP contribution >= 0.6 is 39.0 Å². The first-order valence-corrected chi connectivity index (χ1v) is 10.9. The molecule has 0 aliphatic heterocycles. The number of benzene rings is 1. The van der Waals surface area contributed by atoms with Gasteiger partial charge in [-0.2, -0.15) is 8.75 Å². The summed E-state index contributed by atoms with van der Waals surface area (Å²) in [7, 11) is -3.95. The first-order chi connectivity index (χ1) is 11.8. The summed E-state index contributed by atoms with van der Waals surface area (Å²) in [5.41, 5.74) is 0.962. The molecule has 0 bridgehead atoms. The van der Waals surface area contributed by atoms with Gasteiger partial charge in [0.05, 0.1) is 18.3 Å². The van der Waals surface area contributed by atoms with Crippen molar-refractivity contribution in [2.45, 2.75) is 18.7 Å². The highest BCUT2D eigenvalue weighted by Crippen LogP contribution is 2.38. The number of aromatic nitrogens is 2. The van der Waals surface area contributed by atoms with Gasteiger partial charge in [0, 0.05) is 9.35 Å². The quantitative estimate of drug-likeness (QED) is 0.580. The maximum absolute atomic E-state index is 12.8. The van der Waals surface area contributed by atoms with Crippen LogP contribution in [0.3, 0.4) is 0 Å². The molecule has 25 heavy (non-hydrogen) atoms. The number of thiophene rings is 1. The molecule has 0 radical (unpaired) electrons. The van der Waals surface area contributed by atoms with Crippen molar-refractivity contribution in [3.05, 3.63) is 33.1 Å². The van der Waals surface area contributed by atoms with Gasteiger partial charge in [0.25, 0.3) is 10.0 Å². The largest absolute Gasteiger partial charge is 0.462 e. The minimum Gasteiger partial charge on any atom is -0.462 e. The molecule has 0 saturated carbocycles. The number of carbonyl (C=O) groups is 1. The number of rotatable bonds is 5. The van der Waals surface area contributed by atoms with Crippen molar-refractivity contribution in [3.8, 4) is 0 Å². The van der Waals surface area contributed by atoms with Crippen LogP contribution in [-0.4, -0.2) is 29.7 Å². The maximum atomic E-state index is 12.8. The number of aryl methyl sites for hydroxylation is 1. The Morgan fingerprint density at radius 1 is 1.36 bits per heavy atom. The Morgan fingerprint density at radius 3 is 2.84 bits per heavy atom. The summed E-state index contributed by atoms with van der Waals surface area (Å²) < 4.78 is 41.8. The summed E-state index contributed by atoms with van der Waals surface area (Å²) >= 11 is 5.42. The van der Waals surface area contributed by atoms with E-state index in [1.54, 1.807) is 26.0 Å². The fraction of sp³-hybridized carbons (Fsp3) is 0.214. The number of sulfonamides is 1. The van der Waals surface area contributed by atoms with Gasteiger partial charge < -0.3 is 4.74 Å². The molecule has 0 aliphatic rings. The Labute approximate surface area is 160 Å². The first-order valence-electron chi connectivity index (χ1n) is 7.05. The second-order valence-electron chi connectivity index (χ2n) is 4.89. The Hall–Kier alpha value is -1.56. The van der Waals surface area contributed by atoms with Crippen LogP contribution in [0.15, 0.2) is 27.6 Å². The smallest absolute Gasteiger partial charge is 0.342 e. The molecule has 0 fully saturated rings. The number of esters is 1. The Bertz CT molecular complexity index is 1060. The highest BCUT2D eigenvalue weighted by atomic mass is 79.9. The average molecular weight is 462 g/mol. The fourth-order valence-corrected chi connectivity index (χ4v) is 5.90. The minimum absolute atomic E-state index is 0.00994. The van der Waals surface area contributed by atoms with Crippen LogP contribution in [0.4, 0.5) is 5.00 Å². The van der Waals surface area contributed by atoms with Gasteiger partial charge in [-0.1, -0.05) is 6.07 Å². The van der Waals surface area contributed by atoms with E-state index in [1.165, 1.54) is 6.07 Å². The average Bonchev–Trinajstić information content (AvgIpc) is 3.12. The number of nitrogens with zero attached hydrogens (tertiary/aromatic N) is 2. The SMILES string of the molecule is CCOC(=O)c1c(NS(=O)(=O)c2cccc3nsnc23)sc(C)c1Br. The molecule has 1 aromatic carbocycles. The van der Waals surface area contributed by atoms with Gasteiger partial charge in [-0.15, -0.1) is 11.3 Å². The lowest BCUT2D eigenvalue weighted by Crippen LogP contribution is -2.15. The molecule has 0 spiro atoms. The van der Waals surface area contributed by atoms with Crippen molar-refractivity contribution in [1.82, 2.24) is 8.75 Å². The zero-order valence-electron chi connectivity index (χ0n) is 13.1. The van der Waals surface area contributed by atoms with Crippen LogP contribution in [0, 0.1) is 6.92 Å². The van der Waals surface area contributed by atoms with E-state index in [0.717, 1.165) is 27.9 Å². The molecule has 11 heteroatoms. The lowest BCUT2D eigenvalue weighted by Gasteiger charge is -2.09. The van der Waals surface area contributed by atoms with Gasteiger partial charge in [0.1, 0.15) is 26.5 Å². The first kappa shape index (κ1) is 18.2. The predicted molar refractivity (Wildman–Crippen MR) is 101 cm³/mol. The number of nitrogens with one attached hydrogen (secondary N) is 1. The molecule has 132 valence electrons. The summed E-state index contributed by atoms with van der Waals surface area (Å²) in [5.74, 6) is -0.593. The monoisotopic (exact) mass is 461 g/mol. The van der Waals surface area contributed by atoms with Crippen LogP contribution in [0.5, 0.6) is 0 Å². The van der Waals surface area contributed by atoms with Crippen LogP contribution in [0.2, 0.25) is 0 Å². The topological polar surface area (TPSA) is 98.2 Å². The van der Waals surface area contributed by atoms with Gasteiger partial charge in [-0.05, 0) is 41.9 Å². The molecule has 3 aromatic rings. The van der Waals surface area contributed by atoms with Crippen molar-refractivity contribution in [3.63, 3.8) is 0 Å². The van der Waals surface area contributed by atoms with Gasteiger partial charge in [0.15, 0.2) is 0 Å². The zero-order chi connectivity index (χ0) is 18.2. The molecular formula is C14H12BrN3O4S3. The molecule has 2 heterocycles. The number of ether oxygens (including phenoxy) is 1. The summed E-state index contributed by atoms with van der Waals surface area (Å²) in [5, 5.41) is 0.197. The summed E-state index contributed by atoms with van der Waals surface area (Å²) in [6.45, 7) is 3.65.